The first-order valence-corrected chi connectivity index (χ1v) is 8.40. The van der Waals surface area contributed by atoms with Crippen LogP contribution in [0.1, 0.15) is 25.5 Å². The summed E-state index contributed by atoms with van der Waals surface area (Å²) in [5, 5.41) is 7.38. The fourth-order valence-corrected chi connectivity index (χ4v) is 3.12. The average molecular weight is 374 g/mol. The van der Waals surface area contributed by atoms with Crippen molar-refractivity contribution in [2.75, 3.05) is 33.3 Å². The van der Waals surface area contributed by atoms with E-state index in [9.17, 15) is 4.79 Å². The van der Waals surface area contributed by atoms with E-state index in [1.807, 2.05) is 0 Å². The molecule has 2 aromatic rings. The molecule has 0 saturated carbocycles. The molecule has 2 heterocycles. The summed E-state index contributed by atoms with van der Waals surface area (Å²) < 4.78 is 23.2. The van der Waals surface area contributed by atoms with E-state index in [1.165, 1.54) is 6.33 Å². The number of hydrogen-bond acceptors (Lipinski definition) is 8. The Morgan fingerprint density at radius 2 is 1.81 bits per heavy atom. The largest absolute Gasteiger partial charge is 0.496 e. The molecular weight excluding hydrogens is 352 g/mol. The zero-order valence-corrected chi connectivity index (χ0v) is 15.9. The second kappa shape index (κ2) is 7.56. The van der Waals surface area contributed by atoms with Gasteiger partial charge in [0.15, 0.2) is 11.5 Å². The fraction of sp³-hybridized carbons (Fsp3) is 0.389. The minimum atomic E-state index is -0.599. The number of aromatic nitrogens is 3. The van der Waals surface area contributed by atoms with E-state index in [0.29, 0.717) is 40.0 Å². The number of rotatable bonds is 6. The summed E-state index contributed by atoms with van der Waals surface area (Å²) >= 11 is 0. The first-order chi connectivity index (χ1) is 13.0. The van der Waals surface area contributed by atoms with Crippen LogP contribution in [0.25, 0.3) is 0 Å². The number of fused-ring (bicyclic) bond motifs is 1. The van der Waals surface area contributed by atoms with Crippen LogP contribution in [0.4, 0.5) is 5.95 Å². The van der Waals surface area contributed by atoms with E-state index in [2.05, 4.69) is 15.4 Å². The van der Waals surface area contributed by atoms with Crippen molar-refractivity contribution in [3.05, 3.63) is 35.3 Å². The Bertz CT molecular complexity index is 890. The lowest BCUT2D eigenvalue weighted by Crippen LogP contribution is -2.30. The van der Waals surface area contributed by atoms with Gasteiger partial charge < -0.3 is 24.3 Å². The number of anilines is 1. The highest BCUT2D eigenvalue weighted by atomic mass is 16.5. The van der Waals surface area contributed by atoms with Crippen molar-refractivity contribution in [3.63, 3.8) is 0 Å². The van der Waals surface area contributed by atoms with Gasteiger partial charge in [-0.25, -0.2) is 9.48 Å². The lowest BCUT2D eigenvalue weighted by Gasteiger charge is -2.29. The minimum absolute atomic E-state index is 0.260. The Morgan fingerprint density at radius 3 is 2.44 bits per heavy atom. The molecule has 1 N–H and O–H groups in total. The van der Waals surface area contributed by atoms with E-state index in [4.69, 9.17) is 18.9 Å². The lowest BCUT2D eigenvalue weighted by molar-refractivity contribution is -0.139. The van der Waals surface area contributed by atoms with Gasteiger partial charge in [-0.15, -0.1) is 0 Å². The molecular formula is C18H22N4O5. The molecule has 0 bridgehead atoms. The van der Waals surface area contributed by atoms with Crippen LogP contribution in [0.5, 0.6) is 17.2 Å². The van der Waals surface area contributed by atoms with Crippen molar-refractivity contribution in [2.24, 2.45) is 0 Å². The number of carbonyl (C=O) groups excluding carboxylic acids is 1. The number of nitrogens with zero attached hydrogens (tertiary/aromatic N) is 3. The number of hydrogen-bond donors (Lipinski definition) is 1. The Morgan fingerprint density at radius 1 is 1.15 bits per heavy atom. The maximum absolute atomic E-state index is 12.7. The summed E-state index contributed by atoms with van der Waals surface area (Å²) in [5.41, 5.74) is 1.72. The SMILES string of the molecule is CCOC(=O)C1=C(C)Nc2ncnn2[C@@H]1c1cc(OC)c(OC)cc1OC. The topological polar surface area (TPSA) is 96.7 Å². The summed E-state index contributed by atoms with van der Waals surface area (Å²) in [6, 6.07) is 2.88. The van der Waals surface area contributed by atoms with Crippen LogP contribution in [0, 0.1) is 0 Å². The van der Waals surface area contributed by atoms with Gasteiger partial charge >= 0.3 is 5.97 Å². The van der Waals surface area contributed by atoms with Crippen molar-refractivity contribution >= 4 is 11.9 Å². The van der Waals surface area contributed by atoms with Crippen molar-refractivity contribution in [3.8, 4) is 17.2 Å². The van der Waals surface area contributed by atoms with E-state index in [1.54, 1.807) is 52.0 Å². The molecule has 1 aliphatic rings. The number of ether oxygens (including phenoxy) is 4. The summed E-state index contributed by atoms with van der Waals surface area (Å²) in [6.45, 7) is 3.82. The number of carbonyl (C=O) groups is 1. The molecule has 0 aliphatic carbocycles. The predicted octanol–water partition coefficient (Wildman–Crippen LogP) is 2.16. The molecule has 1 aliphatic heterocycles. The second-order valence-corrected chi connectivity index (χ2v) is 5.76. The van der Waals surface area contributed by atoms with Crippen molar-refractivity contribution < 1.29 is 23.7 Å². The third-order valence-electron chi connectivity index (χ3n) is 4.32. The van der Waals surface area contributed by atoms with Crippen LogP contribution in [0.3, 0.4) is 0 Å². The molecule has 0 spiro atoms. The van der Waals surface area contributed by atoms with Crippen molar-refractivity contribution in [1.29, 1.82) is 0 Å². The Hall–Kier alpha value is -3.23. The maximum Gasteiger partial charge on any atom is 0.338 e. The molecule has 27 heavy (non-hydrogen) atoms. The molecule has 1 atom stereocenters. The Balaban J connectivity index is 2.25. The van der Waals surface area contributed by atoms with E-state index in [-0.39, 0.29) is 6.61 Å². The van der Waals surface area contributed by atoms with Crippen LogP contribution >= 0.6 is 0 Å². The highest BCUT2D eigenvalue weighted by Crippen LogP contribution is 2.43. The molecule has 0 fully saturated rings. The van der Waals surface area contributed by atoms with Gasteiger partial charge in [-0.2, -0.15) is 10.1 Å². The first-order valence-electron chi connectivity index (χ1n) is 8.40. The monoisotopic (exact) mass is 374 g/mol. The molecule has 0 amide bonds. The molecule has 9 heteroatoms. The molecule has 3 rings (SSSR count). The third-order valence-corrected chi connectivity index (χ3v) is 4.32. The third kappa shape index (κ3) is 3.16. The highest BCUT2D eigenvalue weighted by molar-refractivity contribution is 5.92. The minimum Gasteiger partial charge on any atom is -0.496 e. The average Bonchev–Trinajstić information content (AvgIpc) is 3.13. The lowest BCUT2D eigenvalue weighted by atomic mass is 9.94. The van der Waals surface area contributed by atoms with E-state index >= 15 is 0 Å². The fourth-order valence-electron chi connectivity index (χ4n) is 3.12. The van der Waals surface area contributed by atoms with Gasteiger partial charge in [-0.1, -0.05) is 0 Å². The molecule has 0 radical (unpaired) electrons. The normalized spacial score (nSPS) is 15.7. The van der Waals surface area contributed by atoms with Crippen LogP contribution in [-0.4, -0.2) is 48.7 Å². The number of benzene rings is 1. The molecule has 0 saturated heterocycles. The smallest absolute Gasteiger partial charge is 0.338 e. The van der Waals surface area contributed by atoms with Gasteiger partial charge in [-0.05, 0) is 19.9 Å². The zero-order chi connectivity index (χ0) is 19.6. The predicted molar refractivity (Wildman–Crippen MR) is 97.2 cm³/mol. The van der Waals surface area contributed by atoms with Gasteiger partial charge in [-0.3, -0.25) is 0 Å². The molecule has 1 aromatic heterocycles. The summed E-state index contributed by atoms with van der Waals surface area (Å²) in [7, 11) is 4.64. The molecule has 9 nitrogen and oxygen atoms in total. The van der Waals surface area contributed by atoms with Gasteiger partial charge in [0.25, 0.3) is 0 Å². The van der Waals surface area contributed by atoms with E-state index < -0.39 is 12.0 Å². The van der Waals surface area contributed by atoms with Crippen LogP contribution in [0.2, 0.25) is 0 Å². The van der Waals surface area contributed by atoms with Crippen LogP contribution < -0.4 is 19.5 Å². The van der Waals surface area contributed by atoms with Crippen LogP contribution in [0.15, 0.2) is 29.7 Å². The quantitative estimate of drug-likeness (QED) is 0.769. The maximum atomic E-state index is 12.7. The number of allylic oxidation sites excluding steroid dienone is 1. The van der Waals surface area contributed by atoms with Gasteiger partial charge in [0.1, 0.15) is 18.1 Å². The van der Waals surface area contributed by atoms with Crippen LogP contribution in [-0.2, 0) is 9.53 Å². The molecule has 1 aromatic carbocycles. The number of esters is 1. The zero-order valence-electron chi connectivity index (χ0n) is 15.9. The Labute approximate surface area is 156 Å². The van der Waals surface area contributed by atoms with E-state index in [0.717, 1.165) is 0 Å². The standard InChI is InChI=1S/C18H22N4O5/c1-6-27-17(23)15-10(2)21-18-19-9-20-22(18)16(15)11-7-13(25-4)14(26-5)8-12(11)24-3/h7-9,16H,6H2,1-5H3,(H,19,20,21)/t16-/m1/s1. The number of methoxy groups -OCH3 is 3. The molecule has 0 unspecified atom stereocenters. The van der Waals surface area contributed by atoms with Gasteiger partial charge in [0, 0.05) is 17.3 Å². The molecule has 144 valence electrons. The van der Waals surface area contributed by atoms with Crippen molar-refractivity contribution in [1.82, 2.24) is 14.8 Å². The Kier molecular flexibility index (Phi) is 5.20. The van der Waals surface area contributed by atoms with Gasteiger partial charge in [0.05, 0.1) is 33.5 Å². The first kappa shape index (κ1) is 18.6. The van der Waals surface area contributed by atoms with Gasteiger partial charge in [0.2, 0.25) is 5.95 Å². The number of nitrogens with one attached hydrogen (secondary N) is 1. The summed E-state index contributed by atoms with van der Waals surface area (Å²) in [4.78, 5) is 16.9. The summed E-state index contributed by atoms with van der Waals surface area (Å²) in [6.07, 6.45) is 1.42. The highest BCUT2D eigenvalue weighted by Gasteiger charge is 2.36. The second-order valence-electron chi connectivity index (χ2n) is 5.76. The summed E-state index contributed by atoms with van der Waals surface area (Å²) in [5.74, 6) is 1.63. The van der Waals surface area contributed by atoms with Crippen molar-refractivity contribution in [2.45, 2.75) is 19.9 Å².